The number of rotatable bonds is 2. The third-order valence-corrected chi connectivity index (χ3v) is 3.59. The van der Waals surface area contributed by atoms with Gasteiger partial charge in [-0.15, -0.1) is 0 Å². The summed E-state index contributed by atoms with van der Waals surface area (Å²) < 4.78 is 1.64. The van der Waals surface area contributed by atoms with Crippen molar-refractivity contribution < 1.29 is 0 Å². The molecule has 0 radical (unpaired) electrons. The molecule has 0 aliphatic rings. The molecule has 0 N–H and O–H groups in total. The fraction of sp³-hybridized carbons (Fsp3) is 0.154. The molecule has 94 valence electrons. The largest absolute Gasteiger partial charge is 0.314 e. The Labute approximate surface area is 120 Å². The van der Waals surface area contributed by atoms with Crippen LogP contribution < -0.4 is 0 Å². The minimum Gasteiger partial charge on any atom is -0.314 e. The number of nitriles is 2. The molecule has 6 heteroatoms. The van der Waals surface area contributed by atoms with Gasteiger partial charge in [-0.3, -0.25) is 0 Å². The van der Waals surface area contributed by atoms with Crippen LogP contribution in [0.4, 0.5) is 0 Å². The summed E-state index contributed by atoms with van der Waals surface area (Å²) in [6.07, 6.45) is 1.48. The third kappa shape index (κ3) is 2.42. The predicted octanol–water partition coefficient (Wildman–Crippen LogP) is 3.54. The lowest BCUT2D eigenvalue weighted by Gasteiger charge is -2.15. The van der Waals surface area contributed by atoms with E-state index in [1.54, 1.807) is 16.7 Å². The number of halogens is 2. The lowest BCUT2D eigenvalue weighted by Crippen LogP contribution is -2.08. The van der Waals surface area contributed by atoms with E-state index in [4.69, 9.17) is 33.7 Å². The summed E-state index contributed by atoms with van der Waals surface area (Å²) >= 11 is 11.8. The van der Waals surface area contributed by atoms with E-state index in [0.717, 1.165) is 5.56 Å². The van der Waals surface area contributed by atoms with Crippen LogP contribution in [0.2, 0.25) is 10.0 Å². The first-order valence-corrected chi connectivity index (χ1v) is 6.16. The van der Waals surface area contributed by atoms with Gasteiger partial charge in [0.1, 0.15) is 12.1 Å². The molecule has 1 atom stereocenters. The first-order valence-electron chi connectivity index (χ1n) is 5.40. The average Bonchev–Trinajstić information content (AvgIpc) is 2.83. The molecule has 1 aromatic carbocycles. The highest BCUT2D eigenvalue weighted by molar-refractivity contribution is 6.42. The van der Waals surface area contributed by atoms with Gasteiger partial charge in [0.25, 0.3) is 0 Å². The van der Waals surface area contributed by atoms with Crippen LogP contribution >= 0.6 is 23.2 Å². The monoisotopic (exact) mass is 290 g/mol. The minimum atomic E-state index is -0.168. The number of benzene rings is 1. The topological polar surface area (TPSA) is 65.4 Å². The smallest absolute Gasteiger partial charge is 0.176 e. The quantitative estimate of drug-likeness (QED) is 0.850. The van der Waals surface area contributed by atoms with Gasteiger partial charge in [0.2, 0.25) is 0 Å². The van der Waals surface area contributed by atoms with Crippen LogP contribution in [0.3, 0.4) is 0 Å². The van der Waals surface area contributed by atoms with E-state index in [1.807, 2.05) is 25.1 Å². The molecule has 0 saturated heterocycles. The molecule has 2 rings (SSSR count). The van der Waals surface area contributed by atoms with E-state index in [9.17, 15) is 0 Å². The minimum absolute atomic E-state index is 0.120. The number of hydrogen-bond acceptors (Lipinski definition) is 3. The zero-order chi connectivity index (χ0) is 14.0. The molecule has 0 spiro atoms. The van der Waals surface area contributed by atoms with Crippen molar-refractivity contribution in [2.24, 2.45) is 0 Å². The Hall–Kier alpha value is -2.01. The van der Waals surface area contributed by atoms with Gasteiger partial charge in [0.15, 0.2) is 11.4 Å². The normalized spacial score (nSPS) is 11.6. The Bertz CT molecular complexity index is 706. The summed E-state index contributed by atoms with van der Waals surface area (Å²) in [4.78, 5) is 3.91. The maximum Gasteiger partial charge on any atom is 0.176 e. The molecule has 19 heavy (non-hydrogen) atoms. The van der Waals surface area contributed by atoms with Crippen molar-refractivity contribution in [3.05, 3.63) is 51.5 Å². The molecule has 0 aliphatic carbocycles. The average molecular weight is 291 g/mol. The second kappa shape index (κ2) is 5.32. The zero-order valence-electron chi connectivity index (χ0n) is 9.93. The Morgan fingerprint density at radius 1 is 1.21 bits per heavy atom. The van der Waals surface area contributed by atoms with Gasteiger partial charge < -0.3 is 4.57 Å². The summed E-state index contributed by atoms with van der Waals surface area (Å²) in [5.74, 6) is 0. The van der Waals surface area contributed by atoms with Gasteiger partial charge in [0.05, 0.1) is 22.4 Å². The van der Waals surface area contributed by atoms with Crippen LogP contribution in [0, 0.1) is 22.7 Å². The second-order valence-corrected chi connectivity index (χ2v) is 4.74. The lowest BCUT2D eigenvalue weighted by molar-refractivity contribution is 0.631. The zero-order valence-corrected chi connectivity index (χ0v) is 11.4. The van der Waals surface area contributed by atoms with Crippen molar-refractivity contribution in [2.45, 2.75) is 13.0 Å². The molecule has 0 fully saturated rings. The van der Waals surface area contributed by atoms with Gasteiger partial charge in [-0.1, -0.05) is 29.3 Å². The Kier molecular flexibility index (Phi) is 3.76. The van der Waals surface area contributed by atoms with E-state index in [1.165, 1.54) is 6.33 Å². The van der Waals surface area contributed by atoms with Crippen LogP contribution in [0.5, 0.6) is 0 Å². The van der Waals surface area contributed by atoms with Gasteiger partial charge in [-0.05, 0) is 24.6 Å². The molecule has 0 aliphatic heterocycles. The molecule has 0 bridgehead atoms. The summed E-state index contributed by atoms with van der Waals surface area (Å²) in [6.45, 7) is 1.89. The molecule has 1 unspecified atom stereocenters. The van der Waals surface area contributed by atoms with Crippen molar-refractivity contribution >= 4 is 23.2 Å². The molecule has 0 amide bonds. The van der Waals surface area contributed by atoms with Crippen LogP contribution in [-0.2, 0) is 0 Å². The van der Waals surface area contributed by atoms with Crippen molar-refractivity contribution in [1.29, 1.82) is 10.5 Å². The van der Waals surface area contributed by atoms with E-state index < -0.39 is 0 Å². The fourth-order valence-electron chi connectivity index (χ4n) is 1.78. The Morgan fingerprint density at radius 3 is 2.53 bits per heavy atom. The summed E-state index contributed by atoms with van der Waals surface area (Å²) in [5.41, 5.74) is 1.24. The van der Waals surface area contributed by atoms with E-state index >= 15 is 0 Å². The van der Waals surface area contributed by atoms with E-state index in [2.05, 4.69) is 4.98 Å². The number of nitrogens with zero attached hydrogens (tertiary/aromatic N) is 4. The highest BCUT2D eigenvalue weighted by atomic mass is 35.5. The molecule has 1 aromatic heterocycles. The maximum absolute atomic E-state index is 9.10. The Morgan fingerprint density at radius 2 is 1.95 bits per heavy atom. The van der Waals surface area contributed by atoms with Gasteiger partial charge in [-0.25, -0.2) is 4.98 Å². The summed E-state index contributed by atoms with van der Waals surface area (Å²) in [6, 6.07) is 8.98. The number of imidazole rings is 1. The van der Waals surface area contributed by atoms with Crippen LogP contribution in [0.25, 0.3) is 0 Å². The molecular weight excluding hydrogens is 283 g/mol. The van der Waals surface area contributed by atoms with Crippen molar-refractivity contribution in [1.82, 2.24) is 9.55 Å². The molecular formula is C13H8Cl2N4. The maximum atomic E-state index is 9.10. The SMILES string of the molecule is CC(c1ccc(Cl)c(Cl)c1)n1cnc(C#N)c1C#N. The van der Waals surface area contributed by atoms with Crippen LogP contribution in [0.1, 0.15) is 29.9 Å². The number of aromatic nitrogens is 2. The van der Waals surface area contributed by atoms with E-state index in [-0.39, 0.29) is 17.4 Å². The van der Waals surface area contributed by atoms with E-state index in [0.29, 0.717) is 10.0 Å². The van der Waals surface area contributed by atoms with Gasteiger partial charge in [-0.2, -0.15) is 10.5 Å². The van der Waals surface area contributed by atoms with Gasteiger partial charge >= 0.3 is 0 Å². The molecule has 1 heterocycles. The summed E-state index contributed by atoms with van der Waals surface area (Å²) in [5, 5.41) is 18.9. The molecule has 4 nitrogen and oxygen atoms in total. The highest BCUT2D eigenvalue weighted by Crippen LogP contribution is 2.28. The fourth-order valence-corrected chi connectivity index (χ4v) is 2.09. The Balaban J connectivity index is 2.48. The predicted molar refractivity (Wildman–Crippen MR) is 71.9 cm³/mol. The van der Waals surface area contributed by atoms with Crippen molar-refractivity contribution in [3.63, 3.8) is 0 Å². The summed E-state index contributed by atoms with van der Waals surface area (Å²) in [7, 11) is 0. The first kappa shape index (κ1) is 13.4. The van der Waals surface area contributed by atoms with Crippen molar-refractivity contribution in [3.8, 4) is 12.1 Å². The lowest BCUT2D eigenvalue weighted by atomic mass is 10.1. The standard InChI is InChI=1S/C13H8Cl2N4/c1-8(9-2-3-10(14)11(15)4-9)19-7-18-12(5-16)13(19)6-17/h2-4,7-8H,1H3. The molecule has 0 saturated carbocycles. The molecule has 2 aromatic rings. The van der Waals surface area contributed by atoms with Crippen molar-refractivity contribution in [2.75, 3.05) is 0 Å². The van der Waals surface area contributed by atoms with Gasteiger partial charge in [0, 0.05) is 0 Å². The number of hydrogen-bond donors (Lipinski definition) is 0. The highest BCUT2D eigenvalue weighted by Gasteiger charge is 2.16. The van der Waals surface area contributed by atoms with Crippen LogP contribution in [0.15, 0.2) is 24.5 Å². The first-order chi connectivity index (χ1) is 9.08. The van der Waals surface area contributed by atoms with Crippen LogP contribution in [-0.4, -0.2) is 9.55 Å². The second-order valence-electron chi connectivity index (χ2n) is 3.92. The third-order valence-electron chi connectivity index (χ3n) is 2.85.